The Bertz CT molecular complexity index is 1550. The highest BCUT2D eigenvalue weighted by molar-refractivity contribution is 6.03. The number of fused-ring (bicyclic) bond motifs is 2. The summed E-state index contributed by atoms with van der Waals surface area (Å²) >= 11 is 0. The molecule has 5 aromatic heterocycles. The molecular weight excluding hydrogens is 442 g/mol. The molecule has 0 aromatic carbocycles. The molecule has 0 saturated carbocycles. The quantitative estimate of drug-likeness (QED) is 0.309. The van der Waals surface area contributed by atoms with E-state index in [-0.39, 0.29) is 5.91 Å². The summed E-state index contributed by atoms with van der Waals surface area (Å²) in [6.07, 6.45) is 10.7. The van der Waals surface area contributed by atoms with E-state index in [1.165, 1.54) is 6.08 Å². The second-order valence-electron chi connectivity index (χ2n) is 8.36. The van der Waals surface area contributed by atoms with Gasteiger partial charge in [0, 0.05) is 65.4 Å². The van der Waals surface area contributed by atoms with Crippen LogP contribution in [0.4, 0.5) is 5.82 Å². The van der Waals surface area contributed by atoms with Gasteiger partial charge >= 0.3 is 0 Å². The van der Waals surface area contributed by atoms with Gasteiger partial charge in [0.05, 0.1) is 7.11 Å². The molecule has 5 aromatic rings. The third-order valence-corrected chi connectivity index (χ3v) is 5.62. The molecule has 9 heteroatoms. The Labute approximate surface area is 201 Å². The van der Waals surface area contributed by atoms with Crippen LogP contribution in [0.3, 0.4) is 0 Å². The van der Waals surface area contributed by atoms with Gasteiger partial charge in [-0.15, -0.1) is 0 Å². The lowest BCUT2D eigenvalue weighted by molar-refractivity contribution is -0.111. The smallest absolute Gasteiger partial charge is 0.249 e. The summed E-state index contributed by atoms with van der Waals surface area (Å²) in [5.41, 5.74) is 5.40. The molecule has 5 heterocycles. The van der Waals surface area contributed by atoms with Gasteiger partial charge in [0.2, 0.25) is 11.8 Å². The van der Waals surface area contributed by atoms with Crippen LogP contribution >= 0.6 is 0 Å². The van der Waals surface area contributed by atoms with Crippen molar-refractivity contribution in [3.05, 3.63) is 67.3 Å². The van der Waals surface area contributed by atoms with Gasteiger partial charge in [-0.25, -0.2) is 9.97 Å². The summed E-state index contributed by atoms with van der Waals surface area (Å²) in [5.74, 6) is 0.539. The van der Waals surface area contributed by atoms with Crippen LogP contribution in [0.5, 0.6) is 5.88 Å². The zero-order valence-corrected chi connectivity index (χ0v) is 19.7. The molecule has 1 amide bonds. The Morgan fingerprint density at radius 2 is 1.91 bits per heavy atom. The summed E-state index contributed by atoms with van der Waals surface area (Å²) in [4.78, 5) is 34.1. The molecule has 0 saturated heterocycles. The maximum atomic E-state index is 12.3. The van der Waals surface area contributed by atoms with Crippen molar-refractivity contribution in [2.24, 2.45) is 0 Å². The first-order valence-electron chi connectivity index (χ1n) is 11.1. The Hall–Kier alpha value is -4.50. The van der Waals surface area contributed by atoms with E-state index >= 15 is 0 Å². The van der Waals surface area contributed by atoms with E-state index in [1.54, 1.807) is 25.6 Å². The van der Waals surface area contributed by atoms with Crippen LogP contribution < -0.4 is 10.1 Å². The highest BCUT2D eigenvalue weighted by Gasteiger charge is 2.14. The second kappa shape index (κ2) is 9.40. The number of nitrogens with one attached hydrogen (secondary N) is 3. The zero-order valence-electron chi connectivity index (χ0n) is 19.7. The Morgan fingerprint density at radius 1 is 1.06 bits per heavy atom. The van der Waals surface area contributed by atoms with Crippen molar-refractivity contribution >= 4 is 33.8 Å². The molecule has 3 N–H and O–H groups in total. The number of hydrogen-bond acceptors (Lipinski definition) is 6. The first kappa shape index (κ1) is 22.3. The van der Waals surface area contributed by atoms with Gasteiger partial charge in [-0.2, -0.15) is 4.98 Å². The van der Waals surface area contributed by atoms with Crippen LogP contribution in [0.2, 0.25) is 0 Å². The Balaban J connectivity index is 1.52. The lowest BCUT2D eigenvalue weighted by Gasteiger charge is -2.09. The number of likely N-dealkylation sites (N-methyl/N-ethyl adjacent to an activating group) is 1. The van der Waals surface area contributed by atoms with Crippen LogP contribution in [0, 0.1) is 0 Å². The highest BCUT2D eigenvalue weighted by atomic mass is 16.5. The number of ether oxygens (including phenoxy) is 1. The van der Waals surface area contributed by atoms with Gasteiger partial charge in [0.15, 0.2) is 0 Å². The number of anilines is 1. The molecule has 0 aliphatic heterocycles. The maximum Gasteiger partial charge on any atom is 0.249 e. The minimum absolute atomic E-state index is 0.256. The van der Waals surface area contributed by atoms with E-state index in [1.807, 2.05) is 55.7 Å². The zero-order chi connectivity index (χ0) is 24.4. The average molecular weight is 468 g/mol. The predicted molar refractivity (Wildman–Crippen MR) is 137 cm³/mol. The summed E-state index contributed by atoms with van der Waals surface area (Å²) in [6.45, 7) is 0.668. The van der Waals surface area contributed by atoms with E-state index in [9.17, 15) is 4.79 Å². The summed E-state index contributed by atoms with van der Waals surface area (Å²) < 4.78 is 5.39. The Kier molecular flexibility index (Phi) is 5.99. The number of methoxy groups -OCH3 is 1. The number of rotatable bonds is 7. The van der Waals surface area contributed by atoms with Gasteiger partial charge in [0.25, 0.3) is 0 Å². The molecule has 0 atom stereocenters. The number of carbonyl (C=O) groups is 1. The number of aromatic nitrogens is 5. The van der Waals surface area contributed by atoms with Crippen molar-refractivity contribution in [3.8, 4) is 28.1 Å². The molecule has 0 radical (unpaired) electrons. The van der Waals surface area contributed by atoms with E-state index in [4.69, 9.17) is 4.74 Å². The SMILES string of the molecule is COc1cc(-c2cnc3[nH]cc(-c4ccnc5[nH]ccc45)c3c2)cc(NC(=O)/C=C/CN(C)C)n1. The predicted octanol–water partition coefficient (Wildman–Crippen LogP) is 4.23. The number of hydrogen-bond donors (Lipinski definition) is 3. The fourth-order valence-corrected chi connectivity index (χ4v) is 3.96. The number of pyridine rings is 3. The van der Waals surface area contributed by atoms with Crippen LogP contribution in [0.1, 0.15) is 0 Å². The van der Waals surface area contributed by atoms with Crippen molar-refractivity contribution in [3.63, 3.8) is 0 Å². The molecular formula is C26H25N7O2. The van der Waals surface area contributed by atoms with E-state index in [2.05, 4.69) is 36.3 Å². The first-order valence-corrected chi connectivity index (χ1v) is 11.1. The molecule has 5 rings (SSSR count). The van der Waals surface area contributed by atoms with Crippen molar-refractivity contribution in [2.45, 2.75) is 0 Å². The number of amides is 1. The number of aromatic amines is 2. The lowest BCUT2D eigenvalue weighted by atomic mass is 10.0. The third-order valence-electron chi connectivity index (χ3n) is 5.62. The summed E-state index contributed by atoms with van der Waals surface area (Å²) in [6, 6.07) is 9.72. The normalized spacial score (nSPS) is 11.7. The van der Waals surface area contributed by atoms with Gasteiger partial charge < -0.3 is 24.9 Å². The molecule has 35 heavy (non-hydrogen) atoms. The molecule has 0 spiro atoms. The largest absolute Gasteiger partial charge is 0.481 e. The fraction of sp³-hybridized carbons (Fsp3) is 0.154. The number of H-pyrrole nitrogens is 2. The van der Waals surface area contributed by atoms with Crippen LogP contribution in [0.25, 0.3) is 44.3 Å². The van der Waals surface area contributed by atoms with Crippen molar-refractivity contribution in [2.75, 3.05) is 33.1 Å². The monoisotopic (exact) mass is 467 g/mol. The van der Waals surface area contributed by atoms with Crippen LogP contribution in [0.15, 0.2) is 67.3 Å². The molecule has 176 valence electrons. The minimum Gasteiger partial charge on any atom is -0.481 e. The minimum atomic E-state index is -0.256. The van der Waals surface area contributed by atoms with Gasteiger partial charge in [0.1, 0.15) is 17.1 Å². The topological polar surface area (TPSA) is 112 Å². The lowest BCUT2D eigenvalue weighted by Crippen LogP contribution is -2.13. The van der Waals surface area contributed by atoms with Gasteiger partial charge in [-0.1, -0.05) is 6.08 Å². The summed E-state index contributed by atoms with van der Waals surface area (Å²) in [5, 5.41) is 4.83. The van der Waals surface area contributed by atoms with E-state index in [0.717, 1.165) is 44.3 Å². The maximum absolute atomic E-state index is 12.3. The van der Waals surface area contributed by atoms with E-state index < -0.39 is 0 Å². The van der Waals surface area contributed by atoms with Gasteiger partial charge in [-0.3, -0.25) is 4.79 Å². The van der Waals surface area contributed by atoms with Crippen LogP contribution in [-0.4, -0.2) is 63.5 Å². The highest BCUT2D eigenvalue weighted by Crippen LogP contribution is 2.35. The molecule has 0 aliphatic carbocycles. The molecule has 0 aliphatic rings. The summed E-state index contributed by atoms with van der Waals surface area (Å²) in [7, 11) is 5.43. The number of nitrogens with zero attached hydrogens (tertiary/aromatic N) is 4. The number of carbonyl (C=O) groups excluding carboxylic acids is 1. The van der Waals surface area contributed by atoms with E-state index in [0.29, 0.717) is 18.2 Å². The van der Waals surface area contributed by atoms with Crippen molar-refractivity contribution < 1.29 is 9.53 Å². The van der Waals surface area contributed by atoms with Gasteiger partial charge in [-0.05, 0) is 49.5 Å². The molecule has 9 nitrogen and oxygen atoms in total. The average Bonchev–Trinajstić information content (AvgIpc) is 3.50. The second-order valence-corrected chi connectivity index (χ2v) is 8.36. The first-order chi connectivity index (χ1) is 17.0. The molecule has 0 unspecified atom stereocenters. The fourth-order valence-electron chi connectivity index (χ4n) is 3.96. The third kappa shape index (κ3) is 4.62. The molecule has 0 fully saturated rings. The van der Waals surface area contributed by atoms with Crippen molar-refractivity contribution in [1.82, 2.24) is 29.8 Å². The van der Waals surface area contributed by atoms with Crippen molar-refractivity contribution in [1.29, 1.82) is 0 Å². The molecule has 0 bridgehead atoms. The standard InChI is InChI=1S/C26H25N7O2/c1-33(2)10-4-5-23(34)31-22-12-16(13-24(32-22)35-3)17-11-20-21(15-30-26(20)29-14-17)18-6-8-27-25-19(18)7-9-28-25/h4-9,11-15H,10H2,1-3H3,(H,27,28)(H,29,30)(H,31,32,34)/b5-4+. The van der Waals surface area contributed by atoms with Crippen LogP contribution in [-0.2, 0) is 4.79 Å². The Morgan fingerprint density at radius 3 is 2.74 bits per heavy atom.